The number of ether oxygens (including phenoxy) is 1. The quantitative estimate of drug-likeness (QED) is 0.609. The summed E-state index contributed by atoms with van der Waals surface area (Å²) < 4.78 is 31.1. The summed E-state index contributed by atoms with van der Waals surface area (Å²) in [6, 6.07) is 10.6. The van der Waals surface area contributed by atoms with Crippen LogP contribution in [0.5, 0.6) is 0 Å². The van der Waals surface area contributed by atoms with E-state index in [1.54, 1.807) is 31.2 Å². The van der Waals surface area contributed by atoms with Gasteiger partial charge in [0.2, 0.25) is 10.0 Å². The Morgan fingerprint density at radius 3 is 2.37 bits per heavy atom. The molecule has 0 radical (unpaired) electrons. The Morgan fingerprint density at radius 2 is 1.78 bits per heavy atom. The van der Waals surface area contributed by atoms with E-state index >= 15 is 0 Å². The van der Waals surface area contributed by atoms with Crippen LogP contribution in [0.3, 0.4) is 0 Å². The summed E-state index contributed by atoms with van der Waals surface area (Å²) in [6.07, 6.45) is 0. The molecule has 1 amide bonds. The van der Waals surface area contributed by atoms with Gasteiger partial charge >= 0.3 is 5.97 Å². The zero-order chi connectivity index (χ0) is 20.0. The molecule has 0 heterocycles. The number of carbonyl (C=O) groups is 2. The van der Waals surface area contributed by atoms with E-state index in [4.69, 9.17) is 9.84 Å². The molecule has 3 N–H and O–H groups in total. The predicted molar refractivity (Wildman–Crippen MR) is 98.7 cm³/mol. The highest BCUT2D eigenvalue weighted by Gasteiger charge is 2.16. The Hall–Kier alpha value is -2.75. The van der Waals surface area contributed by atoms with Gasteiger partial charge in [-0.3, -0.25) is 4.79 Å². The summed E-state index contributed by atoms with van der Waals surface area (Å²) in [7, 11) is -2.36. The lowest BCUT2D eigenvalue weighted by atomic mass is 10.1. The van der Waals surface area contributed by atoms with Gasteiger partial charge in [0.05, 0.1) is 17.1 Å². The maximum atomic E-state index is 12.0. The minimum Gasteiger partial charge on any atom is -0.452 e. The molecule has 2 aromatic rings. The maximum absolute atomic E-state index is 12.0. The van der Waals surface area contributed by atoms with Gasteiger partial charge in [0.25, 0.3) is 5.91 Å². The zero-order valence-electron chi connectivity index (χ0n) is 14.9. The predicted octanol–water partition coefficient (Wildman–Crippen LogP) is 1.19. The molecule has 0 aliphatic heterocycles. The molecule has 0 spiro atoms. The van der Waals surface area contributed by atoms with Crippen molar-refractivity contribution in [1.29, 1.82) is 0 Å². The summed E-state index contributed by atoms with van der Waals surface area (Å²) in [6.45, 7) is 0.974. The molecule has 0 bridgehead atoms. The third kappa shape index (κ3) is 5.36. The number of amides is 1. The fourth-order valence-corrected chi connectivity index (χ4v) is 3.23. The second-order valence-electron chi connectivity index (χ2n) is 5.67. The lowest BCUT2D eigenvalue weighted by Crippen LogP contribution is -2.22. The van der Waals surface area contributed by atoms with Crippen LogP contribution in [0.15, 0.2) is 47.4 Å². The van der Waals surface area contributed by atoms with Gasteiger partial charge < -0.3 is 15.2 Å². The van der Waals surface area contributed by atoms with Crippen LogP contribution in [-0.2, 0) is 26.2 Å². The molecular weight excluding hydrogens is 372 g/mol. The van der Waals surface area contributed by atoms with Crippen molar-refractivity contribution >= 4 is 27.6 Å². The molecule has 2 rings (SSSR count). The Balaban J connectivity index is 1.99. The van der Waals surface area contributed by atoms with Crippen LogP contribution < -0.4 is 10.0 Å². The highest BCUT2D eigenvalue weighted by molar-refractivity contribution is 7.89. The van der Waals surface area contributed by atoms with Crippen molar-refractivity contribution in [2.24, 2.45) is 0 Å². The number of hydrogen-bond donors (Lipinski definition) is 3. The smallest absolute Gasteiger partial charge is 0.338 e. The summed E-state index contributed by atoms with van der Waals surface area (Å²) in [5.74, 6) is -1.29. The minimum absolute atomic E-state index is 0.0452. The number of sulfonamides is 1. The first-order chi connectivity index (χ1) is 12.8. The maximum Gasteiger partial charge on any atom is 0.338 e. The first kappa shape index (κ1) is 20.6. The zero-order valence-corrected chi connectivity index (χ0v) is 15.7. The SMILES string of the molecule is CNS(=O)(=O)c1cc(NC(=O)COC(=O)c2ccc(CO)cc2)ccc1C. The van der Waals surface area contributed by atoms with Crippen molar-refractivity contribution in [3.8, 4) is 0 Å². The topological polar surface area (TPSA) is 122 Å². The summed E-state index contributed by atoms with van der Waals surface area (Å²) >= 11 is 0. The van der Waals surface area contributed by atoms with Crippen molar-refractivity contribution in [3.05, 3.63) is 59.2 Å². The van der Waals surface area contributed by atoms with E-state index in [1.807, 2.05) is 0 Å². The Labute approximate surface area is 157 Å². The Kier molecular flexibility index (Phi) is 6.67. The highest BCUT2D eigenvalue weighted by atomic mass is 32.2. The lowest BCUT2D eigenvalue weighted by Gasteiger charge is -2.11. The second kappa shape index (κ2) is 8.76. The van der Waals surface area contributed by atoms with E-state index in [0.717, 1.165) is 0 Å². The van der Waals surface area contributed by atoms with Crippen LogP contribution >= 0.6 is 0 Å². The van der Waals surface area contributed by atoms with Crippen LogP contribution in [0.1, 0.15) is 21.5 Å². The van der Waals surface area contributed by atoms with Crippen molar-refractivity contribution in [1.82, 2.24) is 4.72 Å². The van der Waals surface area contributed by atoms with Crippen LogP contribution in [0.2, 0.25) is 0 Å². The third-order valence-corrected chi connectivity index (χ3v) is 5.29. The van der Waals surface area contributed by atoms with Gasteiger partial charge in [0.1, 0.15) is 0 Å². The molecule has 8 nitrogen and oxygen atoms in total. The van der Waals surface area contributed by atoms with Gasteiger partial charge in [-0.15, -0.1) is 0 Å². The van der Waals surface area contributed by atoms with Gasteiger partial charge in [-0.2, -0.15) is 0 Å². The normalized spacial score (nSPS) is 11.1. The van der Waals surface area contributed by atoms with Gasteiger partial charge in [-0.1, -0.05) is 18.2 Å². The van der Waals surface area contributed by atoms with Crippen LogP contribution in [0, 0.1) is 6.92 Å². The van der Waals surface area contributed by atoms with E-state index in [-0.39, 0.29) is 22.8 Å². The summed E-state index contributed by atoms with van der Waals surface area (Å²) in [5, 5.41) is 11.5. The summed E-state index contributed by atoms with van der Waals surface area (Å²) in [4.78, 5) is 23.9. The molecule has 9 heteroatoms. The first-order valence-electron chi connectivity index (χ1n) is 7.98. The van der Waals surface area contributed by atoms with Crippen LogP contribution in [-0.4, -0.2) is 39.1 Å². The van der Waals surface area contributed by atoms with Crippen LogP contribution in [0.4, 0.5) is 5.69 Å². The number of anilines is 1. The fraction of sp³-hybridized carbons (Fsp3) is 0.222. The molecule has 0 aromatic heterocycles. The van der Waals surface area contributed by atoms with Gasteiger partial charge in [-0.25, -0.2) is 17.9 Å². The van der Waals surface area contributed by atoms with Crippen LogP contribution in [0.25, 0.3) is 0 Å². The van der Waals surface area contributed by atoms with Gasteiger partial charge in [0, 0.05) is 5.69 Å². The first-order valence-corrected chi connectivity index (χ1v) is 9.46. The Bertz CT molecular complexity index is 939. The number of hydrogen-bond acceptors (Lipinski definition) is 6. The second-order valence-corrected chi connectivity index (χ2v) is 7.52. The lowest BCUT2D eigenvalue weighted by molar-refractivity contribution is -0.119. The molecule has 0 saturated heterocycles. The molecule has 2 aromatic carbocycles. The van der Waals surface area contributed by atoms with Gasteiger partial charge in [-0.05, 0) is 49.4 Å². The number of rotatable bonds is 7. The van der Waals surface area contributed by atoms with Crippen molar-refractivity contribution in [2.45, 2.75) is 18.4 Å². The fourth-order valence-electron chi connectivity index (χ4n) is 2.24. The Morgan fingerprint density at radius 1 is 1.11 bits per heavy atom. The third-order valence-electron chi connectivity index (χ3n) is 3.74. The highest BCUT2D eigenvalue weighted by Crippen LogP contribution is 2.20. The van der Waals surface area contributed by atoms with E-state index in [0.29, 0.717) is 11.1 Å². The average Bonchev–Trinajstić information content (AvgIpc) is 2.67. The molecule has 27 heavy (non-hydrogen) atoms. The molecule has 144 valence electrons. The molecular formula is C18H20N2O6S. The largest absolute Gasteiger partial charge is 0.452 e. The average molecular weight is 392 g/mol. The van der Waals surface area contributed by atoms with Crippen molar-refractivity contribution < 1.29 is 27.9 Å². The minimum atomic E-state index is -3.66. The number of benzene rings is 2. The monoisotopic (exact) mass is 392 g/mol. The van der Waals surface area contributed by atoms with E-state index in [1.165, 1.54) is 25.2 Å². The molecule has 0 saturated carbocycles. The number of aliphatic hydroxyl groups is 1. The van der Waals surface area contributed by atoms with Crippen molar-refractivity contribution in [2.75, 3.05) is 19.0 Å². The number of carbonyl (C=O) groups excluding carboxylic acids is 2. The number of nitrogens with one attached hydrogen (secondary N) is 2. The summed E-state index contributed by atoms with van der Waals surface area (Å²) in [5.41, 5.74) is 1.69. The number of esters is 1. The van der Waals surface area contributed by atoms with E-state index < -0.39 is 28.5 Å². The van der Waals surface area contributed by atoms with Crippen molar-refractivity contribution in [3.63, 3.8) is 0 Å². The number of aliphatic hydroxyl groups excluding tert-OH is 1. The molecule has 0 atom stereocenters. The number of aryl methyl sites for hydroxylation is 1. The molecule has 0 aliphatic rings. The van der Waals surface area contributed by atoms with E-state index in [9.17, 15) is 18.0 Å². The molecule has 0 fully saturated rings. The molecule has 0 aliphatic carbocycles. The van der Waals surface area contributed by atoms with E-state index in [2.05, 4.69) is 10.0 Å². The molecule has 0 unspecified atom stereocenters. The van der Waals surface area contributed by atoms with Gasteiger partial charge in [0.15, 0.2) is 6.61 Å². The standard InChI is InChI=1S/C18H20N2O6S/c1-12-3-8-15(9-16(12)27(24,25)19-2)20-17(22)11-26-18(23)14-6-4-13(10-21)5-7-14/h3-9,19,21H,10-11H2,1-2H3,(H,20,22).